The Morgan fingerprint density at radius 1 is 0.391 bits per heavy atom. The molecule has 0 saturated carbocycles. The van der Waals surface area contributed by atoms with Crippen LogP contribution in [0.25, 0.3) is 0 Å². The van der Waals surface area contributed by atoms with Crippen LogP contribution in [0.2, 0.25) is 0 Å². The van der Waals surface area contributed by atoms with Gasteiger partial charge in [0.2, 0.25) is 5.91 Å². The van der Waals surface area contributed by atoms with Gasteiger partial charge in [-0.2, -0.15) is 0 Å². The van der Waals surface area contributed by atoms with Gasteiger partial charge in [-0.1, -0.05) is 378 Å². The van der Waals surface area contributed by atoms with Crippen molar-refractivity contribution >= 4 is 5.91 Å². The first-order valence-electron chi connectivity index (χ1n) is 38.7. The number of unbranched alkanes of at least 4 members (excludes halogenated alkanes) is 53. The van der Waals surface area contributed by atoms with Gasteiger partial charge in [-0.05, 0) is 51.4 Å². The highest BCUT2D eigenvalue weighted by Gasteiger charge is 2.44. The molecule has 87 heavy (non-hydrogen) atoms. The van der Waals surface area contributed by atoms with Gasteiger partial charge in [-0.3, -0.25) is 4.79 Å². The molecule has 0 bridgehead atoms. The number of carbonyl (C=O) groups excluding carboxylic acids is 1. The molecule has 1 heterocycles. The Morgan fingerprint density at radius 2 is 0.678 bits per heavy atom. The Hall–Kier alpha value is -1.59. The van der Waals surface area contributed by atoms with E-state index in [0.29, 0.717) is 12.8 Å². The smallest absolute Gasteiger partial charge is 0.220 e. The van der Waals surface area contributed by atoms with Crippen molar-refractivity contribution in [2.45, 2.75) is 442 Å². The first-order valence-corrected chi connectivity index (χ1v) is 38.7. The molecule has 1 amide bonds. The zero-order chi connectivity index (χ0) is 62.8. The summed E-state index contributed by atoms with van der Waals surface area (Å²) in [6, 6.07) is -0.721. The average molecular weight is 1230 g/mol. The summed E-state index contributed by atoms with van der Waals surface area (Å²) in [6.45, 7) is 3.89. The molecule has 9 heteroatoms. The third kappa shape index (κ3) is 55.7. The van der Waals surface area contributed by atoms with Crippen molar-refractivity contribution in [3.63, 3.8) is 0 Å². The van der Waals surface area contributed by atoms with Crippen molar-refractivity contribution in [2.24, 2.45) is 0 Å². The molecule has 7 atom stereocenters. The number of amides is 1. The van der Waals surface area contributed by atoms with Crippen LogP contribution in [0.1, 0.15) is 399 Å². The summed E-state index contributed by atoms with van der Waals surface area (Å²) in [4.78, 5) is 13.2. The Kier molecular flexibility index (Phi) is 64.5. The van der Waals surface area contributed by atoms with Crippen LogP contribution in [0.3, 0.4) is 0 Å². The maximum absolute atomic E-state index is 13.2. The predicted molar refractivity (Wildman–Crippen MR) is 373 cm³/mol. The number of aliphatic hydroxyl groups excluding tert-OH is 5. The summed E-state index contributed by atoms with van der Waals surface area (Å²) in [5, 5.41) is 55.1. The Bertz CT molecular complexity index is 1470. The summed E-state index contributed by atoms with van der Waals surface area (Å²) >= 11 is 0. The third-order valence-electron chi connectivity index (χ3n) is 18.7. The van der Waals surface area contributed by atoms with Crippen LogP contribution in [0.4, 0.5) is 0 Å². The van der Waals surface area contributed by atoms with Gasteiger partial charge in [-0.15, -0.1) is 0 Å². The summed E-state index contributed by atoms with van der Waals surface area (Å²) in [6.07, 6.45) is 83.8. The van der Waals surface area contributed by atoms with Gasteiger partial charge in [0, 0.05) is 6.42 Å². The van der Waals surface area contributed by atoms with E-state index in [-0.39, 0.29) is 12.5 Å². The average Bonchev–Trinajstić information content (AvgIpc) is 3.47. The number of hydrogen-bond acceptors (Lipinski definition) is 8. The lowest BCUT2D eigenvalue weighted by Crippen LogP contribution is -2.60. The molecule has 1 fully saturated rings. The van der Waals surface area contributed by atoms with Gasteiger partial charge in [0.15, 0.2) is 6.29 Å². The van der Waals surface area contributed by atoms with Crippen LogP contribution in [-0.2, 0) is 14.3 Å². The van der Waals surface area contributed by atoms with Gasteiger partial charge in [0.05, 0.1) is 25.4 Å². The third-order valence-corrected chi connectivity index (χ3v) is 18.7. The molecule has 0 aromatic heterocycles. The second-order valence-corrected chi connectivity index (χ2v) is 27.2. The fourth-order valence-corrected chi connectivity index (χ4v) is 12.7. The van der Waals surface area contributed by atoms with Gasteiger partial charge in [0.25, 0.3) is 0 Å². The first kappa shape index (κ1) is 83.4. The van der Waals surface area contributed by atoms with Crippen LogP contribution in [-0.4, -0.2) is 87.5 Å². The number of nitrogens with one attached hydrogen (secondary N) is 1. The molecule has 0 aromatic carbocycles. The topological polar surface area (TPSA) is 149 Å². The van der Waals surface area contributed by atoms with E-state index in [2.05, 4.69) is 55.6 Å². The first-order chi connectivity index (χ1) is 42.8. The highest BCUT2D eigenvalue weighted by atomic mass is 16.7. The fraction of sp³-hybridized carbons (Fsp3) is 0.910. The number of rotatable bonds is 69. The molecule has 1 saturated heterocycles. The minimum Gasteiger partial charge on any atom is -0.394 e. The van der Waals surface area contributed by atoms with Gasteiger partial charge in [0.1, 0.15) is 24.4 Å². The lowest BCUT2D eigenvalue weighted by molar-refractivity contribution is -0.302. The SMILES string of the molecule is CCCCCCC/C=C\C/C=C\C/C=C\CCCCCCCCCCCCCCCCCCC(=O)NC(COC1OC(CO)C(O)C(O)C1O)C(O)CCCCCCCCCCCCCCCCCCCCCCCCCCCCCCCCCCC. The molecule has 1 rings (SSSR count). The lowest BCUT2D eigenvalue weighted by atomic mass is 9.99. The predicted octanol–water partition coefficient (Wildman–Crippen LogP) is 21.8. The summed E-state index contributed by atoms with van der Waals surface area (Å²) in [7, 11) is 0. The molecule has 1 aliphatic heterocycles. The number of allylic oxidation sites excluding steroid dienone is 6. The monoisotopic (exact) mass is 1230 g/mol. The van der Waals surface area contributed by atoms with Crippen molar-refractivity contribution in [1.82, 2.24) is 5.32 Å². The zero-order valence-electron chi connectivity index (χ0n) is 57.8. The zero-order valence-corrected chi connectivity index (χ0v) is 57.8. The van der Waals surface area contributed by atoms with Crippen LogP contribution in [0.15, 0.2) is 36.5 Å². The number of ether oxygens (including phenoxy) is 2. The highest BCUT2D eigenvalue weighted by molar-refractivity contribution is 5.76. The molecular weight excluding hydrogens is 1080 g/mol. The van der Waals surface area contributed by atoms with Crippen molar-refractivity contribution in [3.8, 4) is 0 Å². The van der Waals surface area contributed by atoms with E-state index < -0.39 is 49.5 Å². The number of aliphatic hydroxyl groups is 5. The molecule has 6 N–H and O–H groups in total. The van der Waals surface area contributed by atoms with E-state index in [0.717, 1.165) is 51.4 Å². The maximum Gasteiger partial charge on any atom is 0.220 e. The Labute approximate surface area is 540 Å². The highest BCUT2D eigenvalue weighted by Crippen LogP contribution is 2.24. The van der Waals surface area contributed by atoms with E-state index in [4.69, 9.17) is 9.47 Å². The van der Waals surface area contributed by atoms with Crippen molar-refractivity contribution in [1.29, 1.82) is 0 Å². The largest absolute Gasteiger partial charge is 0.394 e. The molecular formula is C78H149NO8. The normalized spacial score (nSPS) is 18.1. The Morgan fingerprint density at radius 3 is 1.00 bits per heavy atom. The van der Waals surface area contributed by atoms with Crippen molar-refractivity contribution < 1.29 is 39.8 Å². The number of carbonyl (C=O) groups is 1. The molecule has 9 nitrogen and oxygen atoms in total. The minimum absolute atomic E-state index is 0.134. The van der Waals surface area contributed by atoms with Crippen LogP contribution >= 0.6 is 0 Å². The summed E-state index contributed by atoms with van der Waals surface area (Å²) < 4.78 is 11.4. The van der Waals surface area contributed by atoms with E-state index >= 15 is 0 Å². The molecule has 0 radical (unpaired) electrons. The Balaban J connectivity index is 2.07. The molecule has 1 aliphatic rings. The summed E-state index contributed by atoms with van der Waals surface area (Å²) in [5.41, 5.74) is 0. The van der Waals surface area contributed by atoms with E-state index in [1.54, 1.807) is 0 Å². The van der Waals surface area contributed by atoms with E-state index in [9.17, 15) is 30.3 Å². The lowest BCUT2D eigenvalue weighted by Gasteiger charge is -2.40. The van der Waals surface area contributed by atoms with Crippen molar-refractivity contribution in [2.75, 3.05) is 13.2 Å². The standard InChI is InChI=1S/C78H149NO8/c1-3-5-7-9-11-13-15-17-19-21-23-25-27-29-31-33-35-36-38-39-41-43-45-47-49-51-53-55-57-59-61-63-65-67-72(81)71(70-86-78-77(85)76(84)75(83)73(69-80)87-78)79-74(82)68-66-64-62-60-58-56-54-52-50-48-46-44-42-40-37-34-32-30-28-26-24-22-20-18-16-14-12-10-8-6-4-2/h16,18,22,24,28,30,71-73,75-78,80-81,83-85H,3-15,17,19-21,23,25-27,29,31-70H2,1-2H3,(H,79,82)/b18-16-,24-22-,30-28-. The molecule has 0 aromatic rings. The summed E-state index contributed by atoms with van der Waals surface area (Å²) in [5.74, 6) is -0.137. The van der Waals surface area contributed by atoms with Crippen LogP contribution in [0.5, 0.6) is 0 Å². The molecule has 514 valence electrons. The quantitative estimate of drug-likeness (QED) is 0.0261. The van der Waals surface area contributed by atoms with E-state index in [1.807, 2.05) is 0 Å². The van der Waals surface area contributed by atoms with Gasteiger partial charge >= 0.3 is 0 Å². The van der Waals surface area contributed by atoms with E-state index in [1.165, 1.54) is 321 Å². The molecule has 0 spiro atoms. The van der Waals surface area contributed by atoms with Crippen molar-refractivity contribution in [3.05, 3.63) is 36.5 Å². The molecule has 0 aliphatic carbocycles. The van der Waals surface area contributed by atoms with Gasteiger partial charge < -0.3 is 40.3 Å². The maximum atomic E-state index is 13.2. The fourth-order valence-electron chi connectivity index (χ4n) is 12.7. The second kappa shape index (κ2) is 67.3. The minimum atomic E-state index is -1.55. The second-order valence-electron chi connectivity index (χ2n) is 27.2. The molecule has 7 unspecified atom stereocenters. The van der Waals surface area contributed by atoms with Crippen LogP contribution < -0.4 is 5.32 Å². The van der Waals surface area contributed by atoms with Crippen LogP contribution in [0, 0.1) is 0 Å². The van der Waals surface area contributed by atoms with Gasteiger partial charge in [-0.25, -0.2) is 0 Å². The number of hydrogen-bond donors (Lipinski definition) is 6.